The molecule has 0 aromatic carbocycles. The molecule has 0 atom stereocenters. The molecule has 0 bridgehead atoms. The Bertz CT molecular complexity index is 145. The highest BCUT2D eigenvalue weighted by molar-refractivity contribution is 5.68. The quantitative estimate of drug-likeness (QED) is 0.527. The van der Waals surface area contributed by atoms with Crippen LogP contribution in [0.3, 0.4) is 0 Å². The molecule has 0 aliphatic carbocycles. The van der Waals surface area contributed by atoms with Crippen molar-refractivity contribution in [1.82, 2.24) is 5.32 Å². The molecule has 2 heteroatoms. The smallest absolute Gasteiger partial charge is 0.0394 e. The van der Waals surface area contributed by atoms with E-state index < -0.39 is 0 Å². The van der Waals surface area contributed by atoms with Crippen molar-refractivity contribution in [3.05, 3.63) is 0 Å². The van der Waals surface area contributed by atoms with Crippen LogP contribution in [0.15, 0.2) is 4.99 Å². The molecule has 10 heavy (non-hydrogen) atoms. The molecule has 0 unspecified atom stereocenters. The summed E-state index contributed by atoms with van der Waals surface area (Å²) in [6, 6.07) is 0. The minimum absolute atomic E-state index is 0.519. The highest BCUT2D eigenvalue weighted by atomic mass is 14.9. The van der Waals surface area contributed by atoms with Crippen LogP contribution in [0.2, 0.25) is 0 Å². The van der Waals surface area contributed by atoms with Gasteiger partial charge in [0.15, 0.2) is 0 Å². The van der Waals surface area contributed by atoms with Gasteiger partial charge in [0.2, 0.25) is 0 Å². The molecule has 2 nitrogen and oxygen atoms in total. The molecule has 56 valence electrons. The third-order valence-electron chi connectivity index (χ3n) is 2.70. The van der Waals surface area contributed by atoms with Gasteiger partial charge < -0.3 is 5.32 Å². The fraction of sp³-hybridized carbons (Fsp3) is 0.875. The zero-order valence-corrected chi connectivity index (χ0v) is 6.27. The van der Waals surface area contributed by atoms with Gasteiger partial charge >= 0.3 is 0 Å². The third kappa shape index (κ3) is 0.966. The van der Waals surface area contributed by atoms with Crippen LogP contribution in [0.5, 0.6) is 0 Å². The minimum atomic E-state index is 0.519. The average molecular weight is 138 g/mol. The first-order chi connectivity index (χ1) is 4.91. The van der Waals surface area contributed by atoms with E-state index in [4.69, 9.17) is 0 Å². The molecule has 0 aromatic rings. The Morgan fingerprint density at radius 3 is 2.60 bits per heavy atom. The minimum Gasteiger partial charge on any atom is -0.317 e. The highest BCUT2D eigenvalue weighted by Gasteiger charge is 2.31. The number of hydrogen-bond donors (Lipinski definition) is 1. The van der Waals surface area contributed by atoms with Crippen molar-refractivity contribution in [2.75, 3.05) is 19.6 Å². The Labute approximate surface area is 61.7 Å². The van der Waals surface area contributed by atoms with Crippen LogP contribution in [-0.2, 0) is 0 Å². The summed E-state index contributed by atoms with van der Waals surface area (Å²) in [5.41, 5.74) is 0.519. The van der Waals surface area contributed by atoms with Crippen LogP contribution in [0.1, 0.15) is 19.3 Å². The fourth-order valence-corrected chi connectivity index (χ4v) is 1.91. The second-order valence-electron chi connectivity index (χ2n) is 3.40. The molecule has 1 fully saturated rings. The van der Waals surface area contributed by atoms with Crippen LogP contribution in [0, 0.1) is 5.41 Å². The largest absolute Gasteiger partial charge is 0.317 e. The zero-order chi connectivity index (χ0) is 6.86. The molecule has 0 amide bonds. The summed E-state index contributed by atoms with van der Waals surface area (Å²) in [6.45, 7) is 3.44. The van der Waals surface area contributed by atoms with Crippen molar-refractivity contribution in [2.45, 2.75) is 19.3 Å². The molecule has 0 saturated carbocycles. The Hall–Kier alpha value is -0.370. The second-order valence-corrected chi connectivity index (χ2v) is 3.40. The first kappa shape index (κ1) is 6.35. The number of rotatable bonds is 0. The summed E-state index contributed by atoms with van der Waals surface area (Å²) in [4.78, 5) is 4.31. The van der Waals surface area contributed by atoms with Crippen molar-refractivity contribution in [3.63, 3.8) is 0 Å². The van der Waals surface area contributed by atoms with Crippen molar-refractivity contribution >= 4 is 6.21 Å². The molecule has 0 aromatic heterocycles. The van der Waals surface area contributed by atoms with Gasteiger partial charge in [0.05, 0.1) is 0 Å². The van der Waals surface area contributed by atoms with Gasteiger partial charge in [0.1, 0.15) is 0 Å². The summed E-state index contributed by atoms with van der Waals surface area (Å²) in [7, 11) is 0. The van der Waals surface area contributed by atoms with Crippen molar-refractivity contribution < 1.29 is 0 Å². The zero-order valence-electron chi connectivity index (χ0n) is 6.27. The van der Waals surface area contributed by atoms with Crippen molar-refractivity contribution in [1.29, 1.82) is 0 Å². The lowest BCUT2D eigenvalue weighted by molar-refractivity contribution is 0.304. The van der Waals surface area contributed by atoms with Gasteiger partial charge in [-0.2, -0.15) is 0 Å². The molecule has 0 radical (unpaired) electrons. The van der Waals surface area contributed by atoms with Crippen LogP contribution in [-0.4, -0.2) is 25.8 Å². The second kappa shape index (κ2) is 2.35. The van der Waals surface area contributed by atoms with Gasteiger partial charge in [-0.1, -0.05) is 0 Å². The topological polar surface area (TPSA) is 24.4 Å². The van der Waals surface area contributed by atoms with E-state index in [1.165, 1.54) is 32.4 Å². The molecular weight excluding hydrogens is 124 g/mol. The molecule has 2 aliphatic rings. The summed E-state index contributed by atoms with van der Waals surface area (Å²) < 4.78 is 0. The summed E-state index contributed by atoms with van der Waals surface area (Å²) in [5.74, 6) is 0. The van der Waals surface area contributed by atoms with E-state index in [0.717, 1.165) is 6.54 Å². The van der Waals surface area contributed by atoms with Gasteiger partial charge in [0, 0.05) is 18.2 Å². The van der Waals surface area contributed by atoms with Crippen LogP contribution >= 0.6 is 0 Å². The maximum absolute atomic E-state index is 4.31. The standard InChI is InChI=1S/C8H14N2/c1-4-9-5-2-8(1)3-6-10-7-8/h7,9H,1-6H2. The predicted molar refractivity (Wildman–Crippen MR) is 42.5 cm³/mol. The Balaban J connectivity index is 2.05. The number of nitrogens with zero attached hydrogens (tertiary/aromatic N) is 1. The van der Waals surface area contributed by atoms with E-state index >= 15 is 0 Å². The van der Waals surface area contributed by atoms with E-state index in [-0.39, 0.29) is 0 Å². The normalized spacial score (nSPS) is 29.6. The van der Waals surface area contributed by atoms with E-state index in [1.54, 1.807) is 0 Å². The molecule has 1 saturated heterocycles. The predicted octanol–water partition coefficient (Wildman–Crippen LogP) is 0.831. The first-order valence-electron chi connectivity index (χ1n) is 4.13. The molecular formula is C8H14N2. The Morgan fingerprint density at radius 1 is 1.20 bits per heavy atom. The van der Waals surface area contributed by atoms with Crippen molar-refractivity contribution in [3.8, 4) is 0 Å². The van der Waals surface area contributed by atoms with Gasteiger partial charge in [-0.25, -0.2) is 0 Å². The molecule has 2 aliphatic heterocycles. The lowest BCUT2D eigenvalue weighted by Crippen LogP contribution is -2.36. The average Bonchev–Trinajstić information content (AvgIpc) is 2.39. The number of hydrogen-bond acceptors (Lipinski definition) is 2. The highest BCUT2D eigenvalue weighted by Crippen LogP contribution is 2.33. The monoisotopic (exact) mass is 138 g/mol. The summed E-state index contributed by atoms with van der Waals surface area (Å²) >= 11 is 0. The first-order valence-corrected chi connectivity index (χ1v) is 4.13. The van der Waals surface area contributed by atoms with Gasteiger partial charge in [-0.15, -0.1) is 0 Å². The lowest BCUT2D eigenvalue weighted by Gasteiger charge is -2.30. The SMILES string of the molecule is C1=NCCC12CCNCC2. The maximum Gasteiger partial charge on any atom is 0.0394 e. The van der Waals surface area contributed by atoms with E-state index in [9.17, 15) is 0 Å². The summed E-state index contributed by atoms with van der Waals surface area (Å²) in [6.07, 6.45) is 6.11. The number of piperidine rings is 1. The van der Waals surface area contributed by atoms with Crippen molar-refractivity contribution in [2.24, 2.45) is 10.4 Å². The Kier molecular flexibility index (Phi) is 1.49. The molecule has 2 heterocycles. The number of nitrogens with one attached hydrogen (secondary N) is 1. The Morgan fingerprint density at radius 2 is 2.00 bits per heavy atom. The molecule has 2 rings (SSSR count). The number of aliphatic imine (C=N–C) groups is 1. The van der Waals surface area contributed by atoms with Crippen LogP contribution in [0.4, 0.5) is 0 Å². The lowest BCUT2D eigenvalue weighted by atomic mass is 9.79. The third-order valence-corrected chi connectivity index (χ3v) is 2.70. The maximum atomic E-state index is 4.31. The summed E-state index contributed by atoms with van der Waals surface area (Å²) in [5, 5.41) is 3.37. The van der Waals surface area contributed by atoms with E-state index in [1.807, 2.05) is 0 Å². The van der Waals surface area contributed by atoms with Gasteiger partial charge in [-0.05, 0) is 32.4 Å². The van der Waals surface area contributed by atoms with E-state index in [2.05, 4.69) is 16.5 Å². The van der Waals surface area contributed by atoms with Gasteiger partial charge in [0.25, 0.3) is 0 Å². The van der Waals surface area contributed by atoms with Crippen LogP contribution in [0.25, 0.3) is 0 Å². The van der Waals surface area contributed by atoms with Crippen LogP contribution < -0.4 is 5.32 Å². The molecule has 1 spiro atoms. The van der Waals surface area contributed by atoms with E-state index in [0.29, 0.717) is 5.41 Å². The fourth-order valence-electron chi connectivity index (χ4n) is 1.91. The van der Waals surface area contributed by atoms with Gasteiger partial charge in [-0.3, -0.25) is 4.99 Å². The molecule has 1 N–H and O–H groups in total.